The molecule has 1 heterocycles. The van der Waals surface area contributed by atoms with Gasteiger partial charge in [-0.05, 0) is 19.3 Å². The van der Waals surface area contributed by atoms with Crippen LogP contribution in [0.15, 0.2) is 0 Å². The molecule has 0 aliphatic carbocycles. The Labute approximate surface area is 85.7 Å². The Morgan fingerprint density at radius 2 is 2.29 bits per heavy atom. The van der Waals surface area contributed by atoms with Crippen LogP contribution in [0.5, 0.6) is 0 Å². The highest BCUT2D eigenvalue weighted by atomic mass is 16.2. The van der Waals surface area contributed by atoms with Gasteiger partial charge in [0.1, 0.15) is 0 Å². The summed E-state index contributed by atoms with van der Waals surface area (Å²) in [6.45, 7) is 7.06. The van der Waals surface area contributed by atoms with Gasteiger partial charge in [-0.15, -0.1) is 0 Å². The number of carbonyl (C=O) groups excluding carboxylic acids is 1. The zero-order valence-electron chi connectivity index (χ0n) is 9.16. The smallest absolute Gasteiger partial charge is 0.224 e. The summed E-state index contributed by atoms with van der Waals surface area (Å²) in [6, 6.07) is 2.30. The van der Waals surface area contributed by atoms with E-state index in [0.717, 1.165) is 13.0 Å². The van der Waals surface area contributed by atoms with Crippen molar-refractivity contribution in [2.45, 2.75) is 39.7 Å². The fourth-order valence-corrected chi connectivity index (χ4v) is 1.80. The van der Waals surface area contributed by atoms with Crippen LogP contribution < -0.4 is 0 Å². The lowest BCUT2D eigenvalue weighted by molar-refractivity contribution is -0.128. The fraction of sp³-hybridized carbons (Fsp3) is 0.818. The summed E-state index contributed by atoms with van der Waals surface area (Å²) >= 11 is 0. The van der Waals surface area contributed by atoms with Crippen molar-refractivity contribution >= 4 is 5.91 Å². The molecule has 1 saturated heterocycles. The summed E-state index contributed by atoms with van der Waals surface area (Å²) in [6.07, 6.45) is 1.43. The van der Waals surface area contributed by atoms with Crippen LogP contribution in [0.3, 0.4) is 0 Å². The Bertz CT molecular complexity index is 255. The minimum absolute atomic E-state index is 0.102. The van der Waals surface area contributed by atoms with E-state index in [0.29, 0.717) is 12.3 Å². The molecule has 2 atom stereocenters. The van der Waals surface area contributed by atoms with Crippen molar-refractivity contribution < 1.29 is 4.79 Å². The van der Waals surface area contributed by atoms with Crippen LogP contribution in [0.4, 0.5) is 0 Å². The highest BCUT2D eigenvalue weighted by Crippen LogP contribution is 2.25. The number of amides is 1. The van der Waals surface area contributed by atoms with Crippen molar-refractivity contribution in [1.29, 1.82) is 5.26 Å². The lowest BCUT2D eigenvalue weighted by Gasteiger charge is -2.23. The van der Waals surface area contributed by atoms with Gasteiger partial charge in [-0.25, -0.2) is 0 Å². The van der Waals surface area contributed by atoms with Gasteiger partial charge >= 0.3 is 0 Å². The molecule has 3 heteroatoms. The standard InChI is InChI=1S/C11H18N2O/c1-8(2)4-5-13-9(3)10(7-12)6-11(13)14/h8-10H,4-6H2,1-3H3. The molecule has 1 amide bonds. The van der Waals surface area contributed by atoms with Crippen molar-refractivity contribution in [2.24, 2.45) is 11.8 Å². The van der Waals surface area contributed by atoms with Crippen molar-refractivity contribution in [3.8, 4) is 6.07 Å². The maximum absolute atomic E-state index is 11.5. The average Bonchev–Trinajstić information content (AvgIpc) is 2.39. The molecule has 1 rings (SSSR count). The zero-order chi connectivity index (χ0) is 10.7. The van der Waals surface area contributed by atoms with Crippen LogP contribution in [0.2, 0.25) is 0 Å². The van der Waals surface area contributed by atoms with Crippen LogP contribution in [0.1, 0.15) is 33.6 Å². The van der Waals surface area contributed by atoms with Crippen molar-refractivity contribution in [3.05, 3.63) is 0 Å². The highest BCUT2D eigenvalue weighted by molar-refractivity contribution is 5.79. The number of likely N-dealkylation sites (tertiary alicyclic amines) is 1. The maximum Gasteiger partial charge on any atom is 0.224 e. The Morgan fingerprint density at radius 1 is 1.64 bits per heavy atom. The first-order valence-corrected chi connectivity index (χ1v) is 5.25. The van der Waals surface area contributed by atoms with Gasteiger partial charge in [0.25, 0.3) is 0 Å². The van der Waals surface area contributed by atoms with Gasteiger partial charge < -0.3 is 4.90 Å². The van der Waals surface area contributed by atoms with Gasteiger partial charge in [-0.3, -0.25) is 4.79 Å². The summed E-state index contributed by atoms with van der Waals surface area (Å²) in [5.41, 5.74) is 0. The second-order valence-electron chi connectivity index (χ2n) is 4.45. The number of carbonyl (C=O) groups is 1. The van der Waals surface area contributed by atoms with Gasteiger partial charge in [0.05, 0.1) is 12.0 Å². The minimum Gasteiger partial charge on any atom is -0.339 e. The lowest BCUT2D eigenvalue weighted by atomic mass is 10.0. The summed E-state index contributed by atoms with van der Waals surface area (Å²) in [5, 5.41) is 8.82. The van der Waals surface area contributed by atoms with Crippen LogP contribution in [-0.2, 0) is 4.79 Å². The zero-order valence-corrected chi connectivity index (χ0v) is 9.16. The number of hydrogen-bond donors (Lipinski definition) is 0. The second kappa shape index (κ2) is 4.45. The molecule has 0 saturated carbocycles. The number of nitrogens with zero attached hydrogens (tertiary/aromatic N) is 2. The average molecular weight is 194 g/mol. The highest BCUT2D eigenvalue weighted by Gasteiger charge is 2.36. The molecule has 2 unspecified atom stereocenters. The minimum atomic E-state index is -0.102. The van der Waals surface area contributed by atoms with Gasteiger partial charge in [-0.2, -0.15) is 5.26 Å². The molecule has 1 aliphatic rings. The Kier molecular flexibility index (Phi) is 3.51. The number of nitriles is 1. The molecule has 0 radical (unpaired) electrons. The van der Waals surface area contributed by atoms with E-state index < -0.39 is 0 Å². The summed E-state index contributed by atoms with van der Waals surface area (Å²) in [4.78, 5) is 13.4. The molecule has 0 spiro atoms. The molecule has 1 fully saturated rings. The van der Waals surface area contributed by atoms with E-state index in [2.05, 4.69) is 19.9 Å². The molecule has 14 heavy (non-hydrogen) atoms. The first-order chi connectivity index (χ1) is 6.56. The third-order valence-electron chi connectivity index (χ3n) is 2.90. The first kappa shape index (κ1) is 11.0. The quantitative estimate of drug-likeness (QED) is 0.687. The first-order valence-electron chi connectivity index (χ1n) is 5.25. The van der Waals surface area contributed by atoms with Crippen molar-refractivity contribution in [1.82, 2.24) is 4.90 Å². The van der Waals surface area contributed by atoms with Gasteiger partial charge in [0, 0.05) is 19.0 Å². The van der Waals surface area contributed by atoms with Crippen molar-refractivity contribution in [2.75, 3.05) is 6.54 Å². The molecule has 0 aromatic heterocycles. The topological polar surface area (TPSA) is 44.1 Å². The summed E-state index contributed by atoms with van der Waals surface area (Å²) in [7, 11) is 0. The lowest BCUT2D eigenvalue weighted by Crippen LogP contribution is -2.34. The maximum atomic E-state index is 11.5. The van der Waals surface area contributed by atoms with Crippen LogP contribution in [-0.4, -0.2) is 23.4 Å². The van der Waals surface area contributed by atoms with Crippen LogP contribution >= 0.6 is 0 Å². The number of rotatable bonds is 3. The van der Waals surface area contributed by atoms with Gasteiger partial charge in [0.15, 0.2) is 0 Å². The molecular weight excluding hydrogens is 176 g/mol. The molecule has 1 aliphatic heterocycles. The molecule has 0 aromatic rings. The van der Waals surface area contributed by atoms with E-state index in [1.807, 2.05) is 11.8 Å². The monoisotopic (exact) mass is 194 g/mol. The SMILES string of the molecule is CC(C)CCN1C(=O)CC(C#N)C1C. The van der Waals surface area contributed by atoms with Crippen LogP contribution in [0.25, 0.3) is 0 Å². The van der Waals surface area contributed by atoms with Crippen molar-refractivity contribution in [3.63, 3.8) is 0 Å². The number of hydrogen-bond acceptors (Lipinski definition) is 2. The third kappa shape index (κ3) is 2.25. The second-order valence-corrected chi connectivity index (χ2v) is 4.45. The molecular formula is C11H18N2O. The molecule has 0 aromatic carbocycles. The summed E-state index contributed by atoms with van der Waals surface area (Å²) < 4.78 is 0. The predicted molar refractivity (Wildman–Crippen MR) is 54.4 cm³/mol. The van der Waals surface area contributed by atoms with Gasteiger partial charge in [0.2, 0.25) is 5.91 Å². The molecule has 0 N–H and O–H groups in total. The molecule has 3 nitrogen and oxygen atoms in total. The Morgan fingerprint density at radius 3 is 2.71 bits per heavy atom. The van der Waals surface area contributed by atoms with E-state index >= 15 is 0 Å². The Balaban J connectivity index is 2.53. The predicted octanol–water partition coefficient (Wildman–Crippen LogP) is 1.79. The van der Waals surface area contributed by atoms with E-state index in [4.69, 9.17) is 5.26 Å². The largest absolute Gasteiger partial charge is 0.339 e. The van der Waals surface area contributed by atoms with E-state index in [1.54, 1.807) is 0 Å². The van der Waals surface area contributed by atoms with Gasteiger partial charge in [-0.1, -0.05) is 13.8 Å². The van der Waals surface area contributed by atoms with E-state index in [1.165, 1.54) is 0 Å². The molecule has 0 bridgehead atoms. The Hall–Kier alpha value is -1.04. The molecule has 78 valence electrons. The fourth-order valence-electron chi connectivity index (χ4n) is 1.80. The third-order valence-corrected chi connectivity index (χ3v) is 2.90. The van der Waals surface area contributed by atoms with E-state index in [-0.39, 0.29) is 17.9 Å². The normalized spacial score (nSPS) is 27.1. The summed E-state index contributed by atoms with van der Waals surface area (Å²) in [5.74, 6) is 0.649. The van der Waals surface area contributed by atoms with E-state index in [9.17, 15) is 4.79 Å². The van der Waals surface area contributed by atoms with Crippen LogP contribution in [0, 0.1) is 23.2 Å².